The first-order valence-corrected chi connectivity index (χ1v) is 10.2. The summed E-state index contributed by atoms with van der Waals surface area (Å²) >= 11 is 0. The minimum atomic E-state index is -0.720. The van der Waals surface area contributed by atoms with E-state index in [4.69, 9.17) is 24.7 Å². The molecule has 0 radical (unpaired) electrons. The molecule has 1 heterocycles. The molecule has 0 fully saturated rings. The number of allylic oxidation sites excluding steroid dienone is 3. The summed E-state index contributed by atoms with van der Waals surface area (Å²) in [6.07, 6.45) is 0.827. The van der Waals surface area contributed by atoms with Gasteiger partial charge in [0.1, 0.15) is 23.2 Å². The minimum Gasteiger partial charge on any atom is -0.496 e. The fourth-order valence-corrected chi connectivity index (χ4v) is 4.46. The molecule has 2 atom stereocenters. The molecular formula is C25H24N2O5. The number of nitrogens with two attached hydrogens (primary N) is 1. The molecule has 0 bridgehead atoms. The third-order valence-electron chi connectivity index (χ3n) is 5.98. The van der Waals surface area contributed by atoms with Gasteiger partial charge in [0.25, 0.3) is 0 Å². The summed E-state index contributed by atoms with van der Waals surface area (Å²) in [4.78, 5) is 13.4. The van der Waals surface area contributed by atoms with Gasteiger partial charge in [0, 0.05) is 30.0 Å². The number of benzene rings is 2. The van der Waals surface area contributed by atoms with Gasteiger partial charge in [-0.1, -0.05) is 30.3 Å². The van der Waals surface area contributed by atoms with E-state index in [0.29, 0.717) is 47.0 Å². The van der Waals surface area contributed by atoms with E-state index in [1.165, 1.54) is 21.3 Å². The average molecular weight is 432 g/mol. The summed E-state index contributed by atoms with van der Waals surface area (Å²) in [5, 5.41) is 9.89. The lowest BCUT2D eigenvalue weighted by atomic mass is 9.73. The van der Waals surface area contributed by atoms with E-state index < -0.39 is 5.92 Å². The fraction of sp³-hybridized carbons (Fsp3) is 0.280. The Morgan fingerprint density at radius 2 is 1.66 bits per heavy atom. The van der Waals surface area contributed by atoms with Crippen molar-refractivity contribution in [3.05, 3.63) is 76.4 Å². The van der Waals surface area contributed by atoms with Gasteiger partial charge in [0.2, 0.25) is 5.88 Å². The molecule has 7 nitrogen and oxygen atoms in total. The van der Waals surface area contributed by atoms with Crippen LogP contribution in [0.5, 0.6) is 17.2 Å². The molecule has 2 aromatic rings. The number of nitrogens with zero attached hydrogens (tertiary/aromatic N) is 1. The van der Waals surface area contributed by atoms with Crippen LogP contribution in [0.1, 0.15) is 35.8 Å². The Morgan fingerprint density at radius 3 is 2.28 bits per heavy atom. The van der Waals surface area contributed by atoms with Crippen LogP contribution in [0.15, 0.2) is 65.3 Å². The van der Waals surface area contributed by atoms with E-state index in [1.54, 1.807) is 12.1 Å². The number of ketones is 1. The van der Waals surface area contributed by atoms with Gasteiger partial charge in [-0.3, -0.25) is 4.79 Å². The molecule has 0 saturated heterocycles. The maximum absolute atomic E-state index is 13.4. The molecule has 0 amide bonds. The molecule has 0 saturated carbocycles. The van der Waals surface area contributed by atoms with Crippen molar-refractivity contribution < 1.29 is 23.7 Å². The molecule has 2 N–H and O–H groups in total. The highest BCUT2D eigenvalue weighted by Gasteiger charge is 2.42. The zero-order chi connectivity index (χ0) is 22.8. The first kappa shape index (κ1) is 21.3. The second-order valence-corrected chi connectivity index (χ2v) is 7.65. The molecule has 32 heavy (non-hydrogen) atoms. The van der Waals surface area contributed by atoms with Gasteiger partial charge in [-0.05, 0) is 17.5 Å². The largest absolute Gasteiger partial charge is 0.496 e. The zero-order valence-electron chi connectivity index (χ0n) is 18.2. The Morgan fingerprint density at radius 1 is 1.00 bits per heavy atom. The summed E-state index contributed by atoms with van der Waals surface area (Å²) in [5.74, 6) is 1.06. The molecule has 2 aromatic carbocycles. The van der Waals surface area contributed by atoms with Gasteiger partial charge >= 0.3 is 0 Å². The van der Waals surface area contributed by atoms with Gasteiger partial charge in [0.05, 0.1) is 27.2 Å². The summed E-state index contributed by atoms with van der Waals surface area (Å²) in [6.45, 7) is 0. The zero-order valence-corrected chi connectivity index (χ0v) is 18.2. The number of carbonyl (C=O) groups is 1. The number of hydrogen-bond donors (Lipinski definition) is 1. The van der Waals surface area contributed by atoms with Gasteiger partial charge in [0.15, 0.2) is 17.3 Å². The second kappa shape index (κ2) is 8.67. The number of nitriles is 1. The third-order valence-corrected chi connectivity index (χ3v) is 5.98. The summed E-state index contributed by atoms with van der Waals surface area (Å²) in [6, 6.07) is 15.4. The number of ether oxygens (including phenoxy) is 4. The molecule has 0 aromatic heterocycles. The van der Waals surface area contributed by atoms with Crippen LogP contribution in [0.2, 0.25) is 0 Å². The molecular weight excluding hydrogens is 408 g/mol. The standard InChI is InChI=1S/C25H24N2O5/c1-29-19-12-21(31-3)20(30-2)11-16(19)23-17(13-26)25(27)32-22-10-15(9-18(28)24(22)23)14-7-5-4-6-8-14/h4-8,11-12,15,23H,9-10,27H2,1-3H3/t15-,23+/m1/s1. The highest BCUT2D eigenvalue weighted by molar-refractivity contribution is 6.00. The summed E-state index contributed by atoms with van der Waals surface area (Å²) in [7, 11) is 4.57. The van der Waals surface area contributed by atoms with Crippen LogP contribution in [0.3, 0.4) is 0 Å². The Labute approximate surface area is 186 Å². The Balaban J connectivity index is 1.87. The lowest BCUT2D eigenvalue weighted by Crippen LogP contribution is -2.30. The molecule has 2 aliphatic rings. The lowest BCUT2D eigenvalue weighted by molar-refractivity contribution is -0.117. The smallest absolute Gasteiger partial charge is 0.205 e. The van der Waals surface area contributed by atoms with Gasteiger partial charge in [-0.15, -0.1) is 0 Å². The SMILES string of the molecule is COc1cc(OC)c([C@H]2C(C#N)=C(N)OC3=C2C(=O)C[C@@H](c2ccccc2)C3)cc1OC. The monoisotopic (exact) mass is 432 g/mol. The lowest BCUT2D eigenvalue weighted by Gasteiger charge is -2.34. The molecule has 0 spiro atoms. The number of rotatable bonds is 5. The minimum absolute atomic E-state index is 0.00500. The average Bonchev–Trinajstić information content (AvgIpc) is 2.82. The predicted molar refractivity (Wildman–Crippen MR) is 117 cm³/mol. The normalized spacial score (nSPS) is 20.2. The van der Waals surface area contributed by atoms with E-state index >= 15 is 0 Å². The first-order chi connectivity index (χ1) is 15.5. The molecule has 1 aliphatic heterocycles. The van der Waals surface area contributed by atoms with Crippen molar-refractivity contribution in [2.75, 3.05) is 21.3 Å². The van der Waals surface area contributed by atoms with Crippen LogP contribution in [0.25, 0.3) is 0 Å². The van der Waals surface area contributed by atoms with Crippen LogP contribution in [0.4, 0.5) is 0 Å². The van der Waals surface area contributed by atoms with E-state index in [9.17, 15) is 10.1 Å². The number of carbonyl (C=O) groups excluding carboxylic acids is 1. The van der Waals surface area contributed by atoms with E-state index in [0.717, 1.165) is 5.56 Å². The maximum Gasteiger partial charge on any atom is 0.205 e. The first-order valence-electron chi connectivity index (χ1n) is 10.2. The molecule has 1 aliphatic carbocycles. The molecule has 164 valence electrons. The summed E-state index contributed by atoms with van der Waals surface area (Å²) < 4.78 is 22.3. The Hall–Kier alpha value is -3.92. The van der Waals surface area contributed by atoms with Gasteiger partial charge < -0.3 is 24.7 Å². The van der Waals surface area contributed by atoms with Crippen LogP contribution < -0.4 is 19.9 Å². The van der Waals surface area contributed by atoms with E-state index in [1.807, 2.05) is 30.3 Å². The van der Waals surface area contributed by atoms with Gasteiger partial charge in [-0.25, -0.2) is 0 Å². The highest BCUT2D eigenvalue weighted by Crippen LogP contribution is 2.50. The van der Waals surface area contributed by atoms with Crippen molar-refractivity contribution >= 4 is 5.78 Å². The van der Waals surface area contributed by atoms with Crippen molar-refractivity contribution in [1.82, 2.24) is 0 Å². The number of methoxy groups -OCH3 is 3. The van der Waals surface area contributed by atoms with Crippen molar-refractivity contribution in [3.63, 3.8) is 0 Å². The second-order valence-electron chi connectivity index (χ2n) is 7.65. The quantitative estimate of drug-likeness (QED) is 0.764. The van der Waals surface area contributed by atoms with Crippen molar-refractivity contribution in [2.24, 2.45) is 5.73 Å². The van der Waals surface area contributed by atoms with E-state index in [2.05, 4.69) is 6.07 Å². The van der Waals surface area contributed by atoms with Crippen molar-refractivity contribution in [1.29, 1.82) is 5.26 Å². The summed E-state index contributed by atoms with van der Waals surface area (Å²) in [5.41, 5.74) is 8.42. The van der Waals surface area contributed by atoms with Crippen LogP contribution in [-0.4, -0.2) is 27.1 Å². The predicted octanol–water partition coefficient (Wildman–Crippen LogP) is 3.92. The van der Waals surface area contributed by atoms with Crippen LogP contribution in [0, 0.1) is 11.3 Å². The van der Waals surface area contributed by atoms with Crippen molar-refractivity contribution in [2.45, 2.75) is 24.7 Å². The van der Waals surface area contributed by atoms with Crippen LogP contribution >= 0.6 is 0 Å². The topological polar surface area (TPSA) is 104 Å². The Bertz CT molecular complexity index is 1160. The molecule has 4 rings (SSSR count). The Kier molecular flexibility index (Phi) is 5.78. The maximum atomic E-state index is 13.4. The highest BCUT2D eigenvalue weighted by atomic mass is 16.5. The fourth-order valence-electron chi connectivity index (χ4n) is 4.46. The van der Waals surface area contributed by atoms with Crippen molar-refractivity contribution in [3.8, 4) is 23.3 Å². The molecule has 7 heteroatoms. The van der Waals surface area contributed by atoms with Gasteiger partial charge in [-0.2, -0.15) is 5.26 Å². The van der Waals surface area contributed by atoms with Crippen LogP contribution in [-0.2, 0) is 9.53 Å². The van der Waals surface area contributed by atoms with E-state index in [-0.39, 0.29) is 23.2 Å². The molecule has 0 unspecified atom stereocenters. The number of hydrogen-bond acceptors (Lipinski definition) is 7. The third kappa shape index (κ3) is 3.54. The number of Topliss-reactive ketones (excluding diaryl/α,β-unsaturated/α-hetero) is 1.